The van der Waals surface area contributed by atoms with Gasteiger partial charge >= 0.3 is 0 Å². The maximum Gasteiger partial charge on any atom is 0.271 e. The van der Waals surface area contributed by atoms with Gasteiger partial charge in [0.25, 0.3) is 5.56 Å². The molecular weight excluding hydrogens is 553 g/mol. The minimum absolute atomic E-state index is 0.0557. The van der Waals surface area contributed by atoms with Crippen LogP contribution in [0.4, 0.5) is 11.4 Å². The highest BCUT2D eigenvalue weighted by atomic mass is 32.2. The molecule has 1 saturated heterocycles. The van der Waals surface area contributed by atoms with Gasteiger partial charge in [0.2, 0.25) is 0 Å². The first-order chi connectivity index (χ1) is 20.1. The van der Waals surface area contributed by atoms with E-state index in [-0.39, 0.29) is 17.7 Å². The van der Waals surface area contributed by atoms with Crippen molar-refractivity contribution in [3.05, 3.63) is 70.6 Å². The third kappa shape index (κ3) is 6.65. The van der Waals surface area contributed by atoms with Crippen molar-refractivity contribution < 1.29 is 9.47 Å². The first kappa shape index (κ1) is 28.7. The number of rotatable bonds is 9. The highest BCUT2D eigenvalue weighted by molar-refractivity contribution is 8.05. The number of likely N-dealkylation sites (N-methyl/N-ethyl adjacent to an activating group) is 1. The van der Waals surface area contributed by atoms with Crippen LogP contribution in [0.1, 0.15) is 43.8 Å². The molecule has 2 aromatic carbocycles. The number of hydrogen-bond acceptors (Lipinski definition) is 8. The van der Waals surface area contributed by atoms with Crippen LogP contribution in [0.3, 0.4) is 0 Å². The summed E-state index contributed by atoms with van der Waals surface area (Å²) in [6, 6.07) is 17.9. The molecule has 3 aliphatic rings. The predicted molar refractivity (Wildman–Crippen MR) is 168 cm³/mol. The second-order valence-electron chi connectivity index (χ2n) is 11.3. The lowest BCUT2D eigenvalue weighted by Crippen LogP contribution is -2.43. The highest BCUT2D eigenvalue weighted by Gasteiger charge is 2.29. The van der Waals surface area contributed by atoms with E-state index in [2.05, 4.69) is 63.5 Å². The Bertz CT molecular complexity index is 1390. The molecule has 2 aliphatic heterocycles. The molecule has 0 spiro atoms. The van der Waals surface area contributed by atoms with E-state index in [1.54, 1.807) is 13.3 Å². The van der Waals surface area contributed by atoms with Crippen LogP contribution in [0.2, 0.25) is 0 Å². The van der Waals surface area contributed by atoms with Crippen LogP contribution in [-0.4, -0.2) is 69.0 Å². The Morgan fingerprint density at radius 1 is 1.10 bits per heavy atom. The monoisotopic (exact) mass is 592 g/mol. The normalized spacial score (nSPS) is 20.0. The second-order valence-corrected chi connectivity index (χ2v) is 13.4. The number of fused-ring (bicyclic) bond motifs is 2. The smallest absolute Gasteiger partial charge is 0.271 e. The first-order valence-corrected chi connectivity index (χ1v) is 16.3. The molecule has 3 aromatic rings. The van der Waals surface area contributed by atoms with Crippen molar-refractivity contribution in [3.63, 3.8) is 0 Å². The van der Waals surface area contributed by atoms with E-state index in [1.807, 2.05) is 35.7 Å². The number of anilines is 2. The van der Waals surface area contributed by atoms with E-state index in [9.17, 15) is 4.79 Å². The zero-order valence-corrected chi connectivity index (χ0v) is 25.6. The fourth-order valence-electron chi connectivity index (χ4n) is 6.28. The van der Waals surface area contributed by atoms with Crippen molar-refractivity contribution in [1.82, 2.24) is 9.88 Å². The molecule has 9 heteroatoms. The minimum Gasteiger partial charge on any atom is -0.383 e. The molecule has 2 atom stereocenters. The third-order valence-corrected chi connectivity index (χ3v) is 11.0. The summed E-state index contributed by atoms with van der Waals surface area (Å²) in [6.45, 7) is 3.59. The molecular formula is C32H40N4O3S2. The van der Waals surface area contributed by atoms with Gasteiger partial charge in [-0.3, -0.25) is 4.79 Å². The Labute approximate surface area is 251 Å². The van der Waals surface area contributed by atoms with Crippen molar-refractivity contribution in [3.8, 4) is 0 Å². The zero-order chi connectivity index (χ0) is 28.2. The minimum atomic E-state index is -0.0927. The fraction of sp³-hybridized carbons (Fsp3) is 0.469. The Balaban J connectivity index is 1.16. The van der Waals surface area contributed by atoms with Crippen LogP contribution in [0.15, 0.2) is 79.1 Å². The van der Waals surface area contributed by atoms with Gasteiger partial charge in [0, 0.05) is 64.3 Å². The van der Waals surface area contributed by atoms with Crippen molar-refractivity contribution in [2.75, 3.05) is 57.2 Å². The van der Waals surface area contributed by atoms with Crippen molar-refractivity contribution in [2.24, 2.45) is 0 Å². The van der Waals surface area contributed by atoms with Crippen LogP contribution < -0.4 is 15.8 Å². The second kappa shape index (κ2) is 13.3. The van der Waals surface area contributed by atoms with Crippen molar-refractivity contribution in [1.29, 1.82) is 0 Å². The molecule has 7 nitrogen and oxygen atoms in total. The van der Waals surface area contributed by atoms with Crippen LogP contribution in [0.5, 0.6) is 0 Å². The van der Waals surface area contributed by atoms with Crippen LogP contribution in [0, 0.1) is 0 Å². The van der Waals surface area contributed by atoms with Crippen LogP contribution in [-0.2, 0) is 9.47 Å². The van der Waals surface area contributed by atoms with Gasteiger partial charge in [0.15, 0.2) is 0 Å². The first-order valence-electron chi connectivity index (χ1n) is 14.7. The van der Waals surface area contributed by atoms with Gasteiger partial charge in [0.1, 0.15) is 11.8 Å². The Morgan fingerprint density at radius 2 is 1.98 bits per heavy atom. The fourth-order valence-corrected chi connectivity index (χ4v) is 8.73. The van der Waals surface area contributed by atoms with Crippen LogP contribution >= 0.6 is 23.5 Å². The SMILES string of the molecule is COCC(CN(C)C1CCCCC1)Nc1ccc2c(c1)Sc1cccc([C@H]3CN(c4ccc[nH]c4=O)CCO3)c1S2. The van der Waals surface area contributed by atoms with E-state index < -0.39 is 0 Å². The summed E-state index contributed by atoms with van der Waals surface area (Å²) in [5.74, 6) is 0. The average molecular weight is 593 g/mol. The van der Waals surface area contributed by atoms with Gasteiger partial charge < -0.3 is 29.6 Å². The van der Waals surface area contributed by atoms with Crippen LogP contribution in [0.25, 0.3) is 0 Å². The maximum absolute atomic E-state index is 12.4. The number of nitrogens with one attached hydrogen (secondary N) is 2. The summed E-state index contributed by atoms with van der Waals surface area (Å²) in [6.07, 6.45) is 8.26. The van der Waals surface area contributed by atoms with Crippen molar-refractivity contribution >= 4 is 34.9 Å². The lowest BCUT2D eigenvalue weighted by Gasteiger charge is -2.35. The van der Waals surface area contributed by atoms with E-state index in [0.29, 0.717) is 38.0 Å². The number of ether oxygens (including phenoxy) is 2. The molecule has 41 heavy (non-hydrogen) atoms. The number of nitrogens with zero attached hydrogens (tertiary/aromatic N) is 2. The molecule has 2 fully saturated rings. The number of aromatic amines is 1. The standard InChI is InChI=1S/C32H40N4O3S2/c1-35(24-8-4-3-5-9-24)19-23(21-38-2)34-22-13-14-28-30(18-22)40-29-12-6-10-25(31(29)41-28)27-20-36(16-17-39-27)26-11-7-15-33-32(26)37/h6-7,10-15,18,23-24,27,34H,3-5,8-9,16-17,19-21H2,1-2H3,(H,33,37)/t23?,27-/m1/s1. The molecule has 1 saturated carbocycles. The average Bonchev–Trinajstić information content (AvgIpc) is 3.00. The van der Waals surface area contributed by atoms with E-state index in [4.69, 9.17) is 9.47 Å². The topological polar surface area (TPSA) is 69.8 Å². The zero-order valence-electron chi connectivity index (χ0n) is 23.9. The number of aromatic nitrogens is 1. The van der Waals surface area contributed by atoms with Gasteiger partial charge in [-0.15, -0.1) is 0 Å². The molecule has 1 aliphatic carbocycles. The highest BCUT2D eigenvalue weighted by Crippen LogP contribution is 2.51. The molecule has 0 bridgehead atoms. The quantitative estimate of drug-likeness (QED) is 0.236. The number of benzene rings is 2. The predicted octanol–water partition coefficient (Wildman–Crippen LogP) is 6.26. The molecule has 6 rings (SSSR count). The summed E-state index contributed by atoms with van der Waals surface area (Å²) in [7, 11) is 4.05. The maximum atomic E-state index is 12.4. The molecule has 2 N–H and O–H groups in total. The Morgan fingerprint density at radius 3 is 2.80 bits per heavy atom. The molecule has 0 radical (unpaired) electrons. The number of methoxy groups -OCH3 is 1. The largest absolute Gasteiger partial charge is 0.383 e. The Hall–Kier alpha value is -2.43. The summed E-state index contributed by atoms with van der Waals surface area (Å²) in [5.41, 5.74) is 2.97. The third-order valence-electron chi connectivity index (χ3n) is 8.38. The van der Waals surface area contributed by atoms with Crippen molar-refractivity contribution in [2.45, 2.75) is 69.9 Å². The summed E-state index contributed by atoms with van der Waals surface area (Å²) >= 11 is 3.65. The van der Waals surface area contributed by atoms with Gasteiger partial charge in [-0.05, 0) is 61.9 Å². The van der Waals surface area contributed by atoms with E-state index in [1.165, 1.54) is 57.2 Å². The lowest BCUT2D eigenvalue weighted by molar-refractivity contribution is 0.0378. The van der Waals surface area contributed by atoms with Gasteiger partial charge in [-0.2, -0.15) is 0 Å². The van der Waals surface area contributed by atoms with Gasteiger partial charge in [-0.25, -0.2) is 0 Å². The number of hydrogen-bond donors (Lipinski definition) is 2. The number of H-pyrrole nitrogens is 1. The Kier molecular flexibility index (Phi) is 9.27. The summed E-state index contributed by atoms with van der Waals surface area (Å²) in [5, 5.41) is 3.77. The van der Waals surface area contributed by atoms with Gasteiger partial charge in [-0.1, -0.05) is 54.9 Å². The van der Waals surface area contributed by atoms with Gasteiger partial charge in [0.05, 0.1) is 19.3 Å². The molecule has 1 aromatic heterocycles. The molecule has 0 amide bonds. The molecule has 1 unspecified atom stereocenters. The summed E-state index contributed by atoms with van der Waals surface area (Å²) < 4.78 is 11.9. The lowest BCUT2D eigenvalue weighted by atomic mass is 9.94. The molecule has 3 heterocycles. The van der Waals surface area contributed by atoms with E-state index >= 15 is 0 Å². The van der Waals surface area contributed by atoms with E-state index in [0.717, 1.165) is 12.2 Å². The number of pyridine rings is 1. The number of morpholine rings is 1. The molecule has 218 valence electrons. The summed E-state index contributed by atoms with van der Waals surface area (Å²) in [4.78, 5) is 24.9.